The monoisotopic (exact) mass is 308 g/mol. The molecule has 3 nitrogen and oxygen atoms in total. The van der Waals surface area contributed by atoms with E-state index in [0.717, 1.165) is 41.8 Å². The van der Waals surface area contributed by atoms with E-state index in [-0.39, 0.29) is 5.91 Å². The van der Waals surface area contributed by atoms with Crippen molar-refractivity contribution in [3.63, 3.8) is 0 Å². The highest BCUT2D eigenvalue weighted by molar-refractivity contribution is 6.04. The number of benzene rings is 2. The van der Waals surface area contributed by atoms with E-state index in [4.69, 9.17) is 5.73 Å². The number of hydrogen-bond acceptors (Lipinski definition) is 2. The summed E-state index contributed by atoms with van der Waals surface area (Å²) in [6.07, 6.45) is 4.55. The van der Waals surface area contributed by atoms with Crippen molar-refractivity contribution in [2.75, 3.05) is 11.4 Å². The molecule has 1 aliphatic heterocycles. The molecule has 2 N–H and O–H groups in total. The fraction of sp³-hybridized carbons (Fsp3) is 0.350. The first-order valence-corrected chi connectivity index (χ1v) is 8.49. The third-order valence-electron chi connectivity index (χ3n) is 4.55. The Morgan fingerprint density at radius 2 is 1.65 bits per heavy atom. The molecule has 0 aromatic heterocycles. The predicted molar refractivity (Wildman–Crippen MR) is 95.3 cm³/mol. The van der Waals surface area contributed by atoms with Crippen LogP contribution in [0.2, 0.25) is 0 Å². The second kappa shape index (κ2) is 6.97. The van der Waals surface area contributed by atoms with Crippen molar-refractivity contribution >= 4 is 11.6 Å². The minimum atomic E-state index is -0.593. The third kappa shape index (κ3) is 3.02. The van der Waals surface area contributed by atoms with Gasteiger partial charge in [0.2, 0.25) is 5.91 Å². The first kappa shape index (κ1) is 15.8. The van der Waals surface area contributed by atoms with Crippen molar-refractivity contribution < 1.29 is 4.79 Å². The van der Waals surface area contributed by atoms with Crippen LogP contribution in [0.3, 0.4) is 0 Å². The molecule has 0 fully saturated rings. The summed E-state index contributed by atoms with van der Waals surface area (Å²) in [7, 11) is 0. The van der Waals surface area contributed by atoms with Gasteiger partial charge in [0.25, 0.3) is 0 Å². The van der Waals surface area contributed by atoms with Gasteiger partial charge < -0.3 is 10.6 Å². The Hall–Kier alpha value is -2.13. The van der Waals surface area contributed by atoms with Crippen molar-refractivity contribution in [3.05, 3.63) is 54.1 Å². The minimum Gasteiger partial charge on any atom is -0.316 e. The Kier molecular flexibility index (Phi) is 4.77. The van der Waals surface area contributed by atoms with Crippen LogP contribution >= 0.6 is 0 Å². The second-order valence-electron chi connectivity index (χ2n) is 6.13. The zero-order valence-corrected chi connectivity index (χ0v) is 13.7. The van der Waals surface area contributed by atoms with Crippen LogP contribution in [0.5, 0.6) is 0 Å². The summed E-state index contributed by atoms with van der Waals surface area (Å²) in [4.78, 5) is 14.8. The highest BCUT2D eigenvalue weighted by Crippen LogP contribution is 2.39. The molecule has 3 heteroatoms. The molecule has 1 amide bonds. The number of amides is 1. The summed E-state index contributed by atoms with van der Waals surface area (Å²) >= 11 is 0. The van der Waals surface area contributed by atoms with E-state index in [0.29, 0.717) is 0 Å². The quantitative estimate of drug-likeness (QED) is 0.838. The molecule has 0 saturated carbocycles. The average molecular weight is 308 g/mol. The number of fused-ring (bicyclic) bond motifs is 3. The molecular formula is C20H24N2O. The van der Waals surface area contributed by atoms with Gasteiger partial charge in [-0.1, -0.05) is 68.7 Å². The fourth-order valence-electron chi connectivity index (χ4n) is 3.30. The van der Waals surface area contributed by atoms with Gasteiger partial charge in [0.1, 0.15) is 6.04 Å². The van der Waals surface area contributed by atoms with Crippen molar-refractivity contribution in [2.24, 2.45) is 5.73 Å². The summed E-state index contributed by atoms with van der Waals surface area (Å²) in [5, 5.41) is 0. The summed E-state index contributed by atoms with van der Waals surface area (Å²) in [5.74, 6) is -0.00102. The van der Waals surface area contributed by atoms with E-state index in [1.807, 2.05) is 41.3 Å². The van der Waals surface area contributed by atoms with Gasteiger partial charge in [-0.05, 0) is 23.6 Å². The summed E-state index contributed by atoms with van der Waals surface area (Å²) < 4.78 is 0. The highest BCUT2D eigenvalue weighted by Gasteiger charge is 2.30. The van der Waals surface area contributed by atoms with Gasteiger partial charge in [-0.3, -0.25) is 4.79 Å². The molecule has 2 aromatic carbocycles. The van der Waals surface area contributed by atoms with Crippen molar-refractivity contribution in [1.82, 2.24) is 0 Å². The number of unbranched alkanes of at least 4 members (excludes halogenated alkanes) is 3. The van der Waals surface area contributed by atoms with Crippen LogP contribution in [0.4, 0.5) is 5.69 Å². The Bertz CT molecular complexity index is 696. The van der Waals surface area contributed by atoms with E-state index in [2.05, 4.69) is 19.1 Å². The first-order valence-electron chi connectivity index (χ1n) is 8.49. The molecule has 0 bridgehead atoms. The highest BCUT2D eigenvalue weighted by atomic mass is 16.2. The molecule has 1 unspecified atom stereocenters. The SMILES string of the molecule is CCCCCCN1C(=O)C(N)c2ccccc2-c2ccccc21. The fourth-order valence-corrected chi connectivity index (χ4v) is 3.30. The molecule has 1 aliphatic rings. The number of para-hydroxylation sites is 1. The molecule has 120 valence electrons. The van der Waals surface area contributed by atoms with Crippen LogP contribution in [0.15, 0.2) is 48.5 Å². The summed E-state index contributed by atoms with van der Waals surface area (Å²) in [6, 6.07) is 15.5. The Labute approximate surface area is 138 Å². The lowest BCUT2D eigenvalue weighted by atomic mass is 9.96. The number of rotatable bonds is 5. The Morgan fingerprint density at radius 3 is 2.43 bits per heavy atom. The van der Waals surface area contributed by atoms with Gasteiger partial charge in [0, 0.05) is 12.1 Å². The molecule has 1 atom stereocenters. The Balaban J connectivity index is 2.01. The lowest BCUT2D eigenvalue weighted by Gasteiger charge is -2.24. The summed E-state index contributed by atoms with van der Waals surface area (Å²) in [6.45, 7) is 2.93. The largest absolute Gasteiger partial charge is 0.316 e. The molecule has 3 rings (SSSR count). The van der Waals surface area contributed by atoms with E-state index in [9.17, 15) is 4.79 Å². The van der Waals surface area contributed by atoms with Crippen LogP contribution < -0.4 is 10.6 Å². The van der Waals surface area contributed by atoms with Crippen LogP contribution in [0.25, 0.3) is 11.1 Å². The lowest BCUT2D eigenvalue weighted by molar-refractivity contribution is -0.119. The van der Waals surface area contributed by atoms with Gasteiger partial charge in [-0.25, -0.2) is 0 Å². The number of nitrogens with two attached hydrogens (primary N) is 1. The second-order valence-corrected chi connectivity index (χ2v) is 6.13. The average Bonchev–Trinajstić information content (AvgIpc) is 2.68. The topological polar surface area (TPSA) is 46.3 Å². The number of carbonyl (C=O) groups is 1. The van der Waals surface area contributed by atoms with Gasteiger partial charge in [0.15, 0.2) is 0 Å². The molecule has 0 saturated heterocycles. The van der Waals surface area contributed by atoms with E-state index >= 15 is 0 Å². The molecule has 1 heterocycles. The molecule has 23 heavy (non-hydrogen) atoms. The molecule has 2 aromatic rings. The zero-order chi connectivity index (χ0) is 16.2. The summed E-state index contributed by atoms with van der Waals surface area (Å²) in [5.41, 5.74) is 10.4. The van der Waals surface area contributed by atoms with Crippen LogP contribution in [0, 0.1) is 0 Å². The molecule has 0 aliphatic carbocycles. The predicted octanol–water partition coefficient (Wildman–Crippen LogP) is 4.28. The molecule has 0 spiro atoms. The van der Waals surface area contributed by atoms with Gasteiger partial charge >= 0.3 is 0 Å². The maximum atomic E-state index is 12.9. The molecular weight excluding hydrogens is 284 g/mol. The van der Waals surface area contributed by atoms with E-state index in [1.165, 1.54) is 12.8 Å². The van der Waals surface area contributed by atoms with Gasteiger partial charge in [-0.15, -0.1) is 0 Å². The molecule has 0 radical (unpaired) electrons. The van der Waals surface area contributed by atoms with Crippen LogP contribution in [-0.4, -0.2) is 12.5 Å². The lowest BCUT2D eigenvalue weighted by Crippen LogP contribution is -2.38. The van der Waals surface area contributed by atoms with Crippen molar-refractivity contribution in [2.45, 2.75) is 38.6 Å². The minimum absolute atomic E-state index is 0.00102. The normalized spacial score (nSPS) is 16.7. The van der Waals surface area contributed by atoms with Gasteiger partial charge in [0.05, 0.1) is 5.69 Å². The maximum Gasteiger partial charge on any atom is 0.248 e. The standard InChI is InChI=1S/C20H24N2O/c1-2-3-4-9-14-22-18-13-8-7-11-16(18)15-10-5-6-12-17(15)19(21)20(22)23/h5-8,10-13,19H,2-4,9,14,21H2,1H3. The zero-order valence-electron chi connectivity index (χ0n) is 13.7. The van der Waals surface area contributed by atoms with Crippen LogP contribution in [-0.2, 0) is 4.79 Å². The number of carbonyl (C=O) groups excluding carboxylic acids is 1. The third-order valence-corrected chi connectivity index (χ3v) is 4.55. The number of hydrogen-bond donors (Lipinski definition) is 1. The van der Waals surface area contributed by atoms with E-state index < -0.39 is 6.04 Å². The van der Waals surface area contributed by atoms with Crippen molar-refractivity contribution in [3.8, 4) is 11.1 Å². The van der Waals surface area contributed by atoms with Crippen LogP contribution in [0.1, 0.15) is 44.2 Å². The smallest absolute Gasteiger partial charge is 0.248 e. The number of nitrogens with zero attached hydrogens (tertiary/aromatic N) is 1. The first-order chi connectivity index (χ1) is 11.2. The van der Waals surface area contributed by atoms with Gasteiger partial charge in [-0.2, -0.15) is 0 Å². The number of anilines is 1. The maximum absolute atomic E-state index is 12.9. The van der Waals surface area contributed by atoms with Crippen molar-refractivity contribution in [1.29, 1.82) is 0 Å². The Morgan fingerprint density at radius 1 is 0.957 bits per heavy atom. The van der Waals surface area contributed by atoms with E-state index in [1.54, 1.807) is 0 Å².